The van der Waals surface area contributed by atoms with Crippen LogP contribution in [0, 0.1) is 0 Å². The van der Waals surface area contributed by atoms with Gasteiger partial charge in [0.25, 0.3) is 0 Å². The van der Waals surface area contributed by atoms with Crippen LogP contribution in [0.2, 0.25) is 0 Å². The van der Waals surface area contributed by atoms with E-state index in [0.29, 0.717) is 12.2 Å². The molecule has 0 spiro atoms. The first-order valence-electron chi connectivity index (χ1n) is 7.29. The van der Waals surface area contributed by atoms with Crippen molar-refractivity contribution >= 4 is 9.84 Å². The van der Waals surface area contributed by atoms with E-state index < -0.39 is 9.84 Å². The molecule has 2 aromatic carbocycles. The Balaban J connectivity index is 1.72. The standard InChI is InChI=1S/C17H17NO2S/c19-21(20)10-9-12(11-21)18-17-15-7-3-1-5-13(15)14-6-2-4-8-16(14)17/h1-8,12,17-18H,9-11H2. The molecular formula is C17H17NO2S. The first-order valence-corrected chi connectivity index (χ1v) is 9.11. The van der Waals surface area contributed by atoms with Gasteiger partial charge in [-0.1, -0.05) is 48.5 Å². The highest BCUT2D eigenvalue weighted by Gasteiger charge is 2.34. The molecule has 0 saturated carbocycles. The molecular weight excluding hydrogens is 282 g/mol. The van der Waals surface area contributed by atoms with Crippen molar-refractivity contribution < 1.29 is 8.42 Å². The molecule has 108 valence electrons. The third kappa shape index (κ3) is 2.19. The predicted octanol–water partition coefficient (Wildman–Crippen LogP) is 2.53. The molecule has 1 aliphatic heterocycles. The minimum absolute atomic E-state index is 0.0548. The maximum Gasteiger partial charge on any atom is 0.151 e. The molecule has 1 fully saturated rings. The van der Waals surface area contributed by atoms with E-state index in [4.69, 9.17) is 0 Å². The number of rotatable bonds is 2. The van der Waals surface area contributed by atoms with Crippen LogP contribution in [-0.2, 0) is 9.84 Å². The molecule has 3 nitrogen and oxygen atoms in total. The summed E-state index contributed by atoms with van der Waals surface area (Å²) in [6, 6.07) is 16.9. The van der Waals surface area contributed by atoms with E-state index >= 15 is 0 Å². The van der Waals surface area contributed by atoms with Crippen LogP contribution in [0.15, 0.2) is 48.5 Å². The Bertz CT molecular complexity index is 752. The SMILES string of the molecule is O=S1(=O)CCC(NC2c3ccccc3-c3ccccc32)C1. The van der Waals surface area contributed by atoms with Gasteiger partial charge in [-0.15, -0.1) is 0 Å². The molecule has 1 aliphatic carbocycles. The molecule has 1 N–H and O–H groups in total. The fourth-order valence-corrected chi connectivity index (χ4v) is 5.18. The van der Waals surface area contributed by atoms with Crippen LogP contribution in [0.5, 0.6) is 0 Å². The van der Waals surface area contributed by atoms with Gasteiger partial charge in [0.1, 0.15) is 0 Å². The van der Waals surface area contributed by atoms with Crippen LogP contribution in [0.3, 0.4) is 0 Å². The average molecular weight is 299 g/mol. The number of fused-ring (bicyclic) bond motifs is 3. The Morgan fingerprint density at radius 3 is 2.00 bits per heavy atom. The summed E-state index contributed by atoms with van der Waals surface area (Å²) in [4.78, 5) is 0. The Morgan fingerprint density at radius 1 is 0.905 bits per heavy atom. The lowest BCUT2D eigenvalue weighted by atomic mass is 10.0. The normalized spacial score (nSPS) is 23.0. The number of hydrogen-bond donors (Lipinski definition) is 1. The molecule has 1 atom stereocenters. The van der Waals surface area contributed by atoms with Crippen molar-refractivity contribution in [1.29, 1.82) is 0 Å². The Labute approximate surface area is 124 Å². The van der Waals surface area contributed by atoms with Gasteiger partial charge in [0.15, 0.2) is 9.84 Å². The number of sulfone groups is 1. The lowest BCUT2D eigenvalue weighted by molar-refractivity contribution is 0.510. The highest BCUT2D eigenvalue weighted by Crippen LogP contribution is 2.43. The smallest absolute Gasteiger partial charge is 0.151 e. The van der Waals surface area contributed by atoms with Gasteiger partial charge >= 0.3 is 0 Å². The third-order valence-electron chi connectivity index (χ3n) is 4.47. The highest BCUT2D eigenvalue weighted by atomic mass is 32.2. The lowest BCUT2D eigenvalue weighted by Gasteiger charge is -2.20. The molecule has 0 aromatic heterocycles. The first kappa shape index (κ1) is 13.0. The fourth-order valence-electron chi connectivity index (χ4n) is 3.50. The van der Waals surface area contributed by atoms with E-state index in [9.17, 15) is 8.42 Å². The van der Waals surface area contributed by atoms with Crippen LogP contribution in [0.1, 0.15) is 23.6 Å². The summed E-state index contributed by atoms with van der Waals surface area (Å²) in [6.45, 7) is 0. The van der Waals surface area contributed by atoms with Crippen LogP contribution in [-0.4, -0.2) is 26.0 Å². The Morgan fingerprint density at radius 2 is 1.48 bits per heavy atom. The maximum absolute atomic E-state index is 11.7. The topological polar surface area (TPSA) is 46.2 Å². The van der Waals surface area contributed by atoms with Crippen molar-refractivity contribution in [3.63, 3.8) is 0 Å². The van der Waals surface area contributed by atoms with Crippen LogP contribution >= 0.6 is 0 Å². The Hall–Kier alpha value is -1.65. The molecule has 4 heteroatoms. The second-order valence-electron chi connectivity index (χ2n) is 5.87. The van der Waals surface area contributed by atoms with Crippen LogP contribution < -0.4 is 5.32 Å². The van der Waals surface area contributed by atoms with Gasteiger partial charge in [-0.25, -0.2) is 8.42 Å². The van der Waals surface area contributed by atoms with Gasteiger partial charge in [-0.3, -0.25) is 0 Å². The molecule has 2 aromatic rings. The van der Waals surface area contributed by atoms with Crippen LogP contribution in [0.25, 0.3) is 11.1 Å². The second kappa shape index (κ2) is 4.68. The summed E-state index contributed by atoms with van der Waals surface area (Å²) >= 11 is 0. The van der Waals surface area contributed by atoms with Crippen molar-refractivity contribution in [1.82, 2.24) is 5.32 Å². The van der Waals surface area contributed by atoms with Gasteiger partial charge in [0.05, 0.1) is 17.5 Å². The van der Waals surface area contributed by atoms with Gasteiger partial charge in [-0.2, -0.15) is 0 Å². The van der Waals surface area contributed by atoms with E-state index in [2.05, 4.69) is 41.7 Å². The molecule has 0 bridgehead atoms. The number of nitrogens with one attached hydrogen (secondary N) is 1. The summed E-state index contributed by atoms with van der Waals surface area (Å²) in [5.41, 5.74) is 5.02. The zero-order valence-corrected chi connectivity index (χ0v) is 12.4. The molecule has 0 amide bonds. The second-order valence-corrected chi connectivity index (χ2v) is 8.10. The van der Waals surface area contributed by atoms with Gasteiger partial charge in [0.2, 0.25) is 0 Å². The summed E-state index contributed by atoms with van der Waals surface area (Å²) in [7, 11) is -2.85. The van der Waals surface area contributed by atoms with Gasteiger partial charge in [-0.05, 0) is 28.7 Å². The molecule has 2 aliphatic rings. The molecule has 1 heterocycles. The van der Waals surface area contributed by atoms with E-state index in [1.54, 1.807) is 0 Å². The average Bonchev–Trinajstić information content (AvgIpc) is 2.99. The minimum Gasteiger partial charge on any atom is -0.302 e. The Kier molecular flexibility index (Phi) is 2.91. The van der Waals surface area contributed by atoms with Crippen molar-refractivity contribution in [3.8, 4) is 11.1 Å². The molecule has 0 radical (unpaired) electrons. The van der Waals surface area contributed by atoms with E-state index in [1.807, 2.05) is 12.1 Å². The van der Waals surface area contributed by atoms with Crippen molar-refractivity contribution in [2.45, 2.75) is 18.5 Å². The van der Waals surface area contributed by atoms with E-state index in [0.717, 1.165) is 0 Å². The van der Waals surface area contributed by atoms with Gasteiger partial charge in [0, 0.05) is 6.04 Å². The quantitative estimate of drug-likeness (QED) is 0.927. The lowest BCUT2D eigenvalue weighted by Crippen LogP contribution is -2.33. The highest BCUT2D eigenvalue weighted by molar-refractivity contribution is 7.91. The molecule has 1 saturated heterocycles. The first-order chi connectivity index (χ1) is 10.1. The summed E-state index contributed by atoms with van der Waals surface area (Å²) < 4.78 is 23.3. The zero-order chi connectivity index (χ0) is 14.4. The summed E-state index contributed by atoms with van der Waals surface area (Å²) in [6.07, 6.45) is 0.711. The monoisotopic (exact) mass is 299 g/mol. The van der Waals surface area contributed by atoms with Crippen molar-refractivity contribution in [2.75, 3.05) is 11.5 Å². The summed E-state index contributed by atoms with van der Waals surface area (Å²) in [5, 5.41) is 3.57. The largest absolute Gasteiger partial charge is 0.302 e. The van der Waals surface area contributed by atoms with E-state index in [-0.39, 0.29) is 17.8 Å². The minimum atomic E-state index is -2.85. The zero-order valence-electron chi connectivity index (χ0n) is 11.6. The molecule has 1 unspecified atom stereocenters. The number of hydrogen-bond acceptors (Lipinski definition) is 3. The summed E-state index contributed by atoms with van der Waals surface area (Å²) in [5.74, 6) is 0.564. The molecule has 21 heavy (non-hydrogen) atoms. The molecule has 4 rings (SSSR count). The maximum atomic E-state index is 11.7. The third-order valence-corrected chi connectivity index (χ3v) is 6.24. The van der Waals surface area contributed by atoms with Crippen LogP contribution in [0.4, 0.5) is 0 Å². The fraction of sp³-hybridized carbons (Fsp3) is 0.294. The van der Waals surface area contributed by atoms with Gasteiger partial charge < -0.3 is 5.32 Å². The van der Waals surface area contributed by atoms with Crippen molar-refractivity contribution in [3.05, 3.63) is 59.7 Å². The van der Waals surface area contributed by atoms with E-state index in [1.165, 1.54) is 22.3 Å². The number of benzene rings is 2. The predicted molar refractivity (Wildman–Crippen MR) is 83.9 cm³/mol. The van der Waals surface area contributed by atoms with Crippen molar-refractivity contribution in [2.24, 2.45) is 0 Å².